The molecule has 0 saturated heterocycles. The standard InChI is InChI=1S/C6H10ClF3S/c1-5(2-3-7)11-4-6(8,9)10/h5H,2-4H2,1H3. The zero-order chi connectivity index (χ0) is 8.91. The monoisotopic (exact) mass is 206 g/mol. The van der Waals surface area contributed by atoms with Gasteiger partial charge in [0, 0.05) is 11.1 Å². The van der Waals surface area contributed by atoms with Gasteiger partial charge in [-0.15, -0.1) is 23.4 Å². The minimum atomic E-state index is -4.05. The van der Waals surface area contributed by atoms with Crippen molar-refractivity contribution in [2.45, 2.75) is 24.8 Å². The quantitative estimate of drug-likeness (QED) is 0.636. The number of thioether (sulfide) groups is 1. The van der Waals surface area contributed by atoms with Crippen LogP contribution in [0.4, 0.5) is 13.2 Å². The molecule has 1 unspecified atom stereocenters. The first-order chi connectivity index (χ1) is 4.95. The summed E-state index contributed by atoms with van der Waals surface area (Å²) in [7, 11) is 0. The largest absolute Gasteiger partial charge is 0.397 e. The van der Waals surface area contributed by atoms with Crippen molar-refractivity contribution in [3.63, 3.8) is 0 Å². The predicted molar refractivity (Wildman–Crippen MR) is 43.3 cm³/mol. The van der Waals surface area contributed by atoms with Crippen molar-refractivity contribution in [3.8, 4) is 0 Å². The van der Waals surface area contributed by atoms with Gasteiger partial charge in [0.05, 0.1) is 5.75 Å². The summed E-state index contributed by atoms with van der Waals surface area (Å²) in [5.41, 5.74) is 0. The second-order valence-corrected chi connectivity index (χ2v) is 4.02. The SMILES string of the molecule is CC(CCCl)SCC(F)(F)F. The molecule has 0 aliphatic heterocycles. The van der Waals surface area contributed by atoms with Gasteiger partial charge in [0.2, 0.25) is 0 Å². The van der Waals surface area contributed by atoms with Gasteiger partial charge in [0.25, 0.3) is 0 Å². The lowest BCUT2D eigenvalue weighted by atomic mass is 10.4. The van der Waals surface area contributed by atoms with Gasteiger partial charge in [-0.25, -0.2) is 0 Å². The average Bonchev–Trinajstić information content (AvgIpc) is 1.83. The molecule has 0 rings (SSSR count). The molecule has 0 spiro atoms. The number of alkyl halides is 4. The van der Waals surface area contributed by atoms with Gasteiger partial charge >= 0.3 is 6.18 Å². The molecule has 0 saturated carbocycles. The van der Waals surface area contributed by atoms with E-state index in [2.05, 4.69) is 0 Å². The lowest BCUT2D eigenvalue weighted by Crippen LogP contribution is -2.13. The van der Waals surface area contributed by atoms with Gasteiger partial charge < -0.3 is 0 Å². The summed E-state index contributed by atoms with van der Waals surface area (Å²) in [6.45, 7) is 1.75. The molecular formula is C6H10ClF3S. The molecule has 0 N–H and O–H groups in total. The van der Waals surface area contributed by atoms with Crippen LogP contribution in [0.2, 0.25) is 0 Å². The molecule has 0 aromatic rings. The molecule has 0 bridgehead atoms. The second kappa shape index (κ2) is 5.14. The molecule has 0 aromatic heterocycles. The number of hydrogen-bond acceptors (Lipinski definition) is 1. The van der Waals surface area contributed by atoms with Crippen LogP contribution >= 0.6 is 23.4 Å². The Kier molecular flexibility index (Phi) is 5.34. The van der Waals surface area contributed by atoms with Crippen molar-refractivity contribution < 1.29 is 13.2 Å². The molecule has 0 amide bonds. The first-order valence-electron chi connectivity index (χ1n) is 3.20. The first kappa shape index (κ1) is 11.4. The summed E-state index contributed by atoms with van der Waals surface area (Å²) >= 11 is 6.25. The molecule has 0 nitrogen and oxygen atoms in total. The van der Waals surface area contributed by atoms with Crippen molar-refractivity contribution in [2.24, 2.45) is 0 Å². The first-order valence-corrected chi connectivity index (χ1v) is 4.78. The molecule has 0 radical (unpaired) electrons. The van der Waals surface area contributed by atoms with E-state index in [9.17, 15) is 13.2 Å². The molecule has 0 aliphatic carbocycles. The zero-order valence-corrected chi connectivity index (χ0v) is 7.69. The van der Waals surface area contributed by atoms with Crippen LogP contribution < -0.4 is 0 Å². The highest BCUT2D eigenvalue weighted by Crippen LogP contribution is 2.25. The van der Waals surface area contributed by atoms with Gasteiger partial charge in [-0.3, -0.25) is 0 Å². The summed E-state index contributed by atoms with van der Waals surface area (Å²) < 4.78 is 34.8. The zero-order valence-electron chi connectivity index (χ0n) is 6.12. The maximum atomic E-state index is 11.6. The summed E-state index contributed by atoms with van der Waals surface area (Å²) in [6.07, 6.45) is -3.42. The van der Waals surface area contributed by atoms with Crippen molar-refractivity contribution >= 4 is 23.4 Å². The highest BCUT2D eigenvalue weighted by atomic mass is 35.5. The molecule has 0 aromatic carbocycles. The average molecular weight is 207 g/mol. The second-order valence-electron chi connectivity index (χ2n) is 2.21. The Morgan fingerprint density at radius 2 is 2.00 bits per heavy atom. The van der Waals surface area contributed by atoms with Crippen LogP contribution in [0, 0.1) is 0 Å². The van der Waals surface area contributed by atoms with E-state index in [1.165, 1.54) is 0 Å². The molecule has 1 atom stereocenters. The molecule has 0 aliphatic rings. The Labute approximate surface area is 73.5 Å². The number of halogens is 4. The molecule has 11 heavy (non-hydrogen) atoms. The van der Waals surface area contributed by atoms with Crippen molar-refractivity contribution in [3.05, 3.63) is 0 Å². The van der Waals surface area contributed by atoms with Gasteiger partial charge in [-0.2, -0.15) is 13.2 Å². The van der Waals surface area contributed by atoms with Crippen molar-refractivity contribution in [1.82, 2.24) is 0 Å². The van der Waals surface area contributed by atoms with Crippen LogP contribution in [0.15, 0.2) is 0 Å². The molecule has 0 fully saturated rings. The molecule has 5 heteroatoms. The van der Waals surface area contributed by atoms with Crippen LogP contribution in [0.1, 0.15) is 13.3 Å². The Morgan fingerprint density at radius 3 is 2.36 bits per heavy atom. The predicted octanol–water partition coefficient (Wildman–Crippen LogP) is 3.30. The Bertz CT molecular complexity index is 104. The fourth-order valence-electron chi connectivity index (χ4n) is 0.474. The van der Waals surface area contributed by atoms with Gasteiger partial charge in [-0.1, -0.05) is 6.92 Å². The fourth-order valence-corrected chi connectivity index (χ4v) is 1.69. The van der Waals surface area contributed by atoms with Crippen molar-refractivity contribution in [2.75, 3.05) is 11.6 Å². The highest BCUT2D eigenvalue weighted by Gasteiger charge is 2.27. The Balaban J connectivity index is 3.38. The van der Waals surface area contributed by atoms with E-state index in [4.69, 9.17) is 11.6 Å². The van der Waals surface area contributed by atoms with Gasteiger partial charge in [0.1, 0.15) is 0 Å². The van der Waals surface area contributed by atoms with Crippen LogP contribution in [0.5, 0.6) is 0 Å². The Morgan fingerprint density at radius 1 is 1.45 bits per heavy atom. The molecule has 68 valence electrons. The smallest absolute Gasteiger partial charge is 0.170 e. The van der Waals surface area contributed by atoms with Crippen LogP contribution in [-0.2, 0) is 0 Å². The summed E-state index contributed by atoms with van der Waals surface area (Å²) in [5, 5.41) is -0.00544. The summed E-state index contributed by atoms with van der Waals surface area (Å²) in [4.78, 5) is 0. The highest BCUT2D eigenvalue weighted by molar-refractivity contribution is 7.99. The summed E-state index contributed by atoms with van der Waals surface area (Å²) in [6, 6.07) is 0. The van der Waals surface area contributed by atoms with Crippen molar-refractivity contribution in [1.29, 1.82) is 0 Å². The Hall–Kier alpha value is 0.430. The lowest BCUT2D eigenvalue weighted by Gasteiger charge is -2.10. The van der Waals surface area contributed by atoms with E-state index in [1.807, 2.05) is 0 Å². The van der Waals surface area contributed by atoms with E-state index in [1.54, 1.807) is 6.92 Å². The van der Waals surface area contributed by atoms with Gasteiger partial charge in [-0.05, 0) is 6.42 Å². The normalized spacial score (nSPS) is 15.0. The van der Waals surface area contributed by atoms with Crippen LogP contribution in [0.25, 0.3) is 0 Å². The van der Waals surface area contributed by atoms with E-state index < -0.39 is 11.9 Å². The van der Waals surface area contributed by atoms with E-state index in [0.717, 1.165) is 11.8 Å². The third-order valence-electron chi connectivity index (χ3n) is 1.05. The fraction of sp³-hybridized carbons (Fsp3) is 1.00. The van der Waals surface area contributed by atoms with E-state index in [0.29, 0.717) is 12.3 Å². The van der Waals surface area contributed by atoms with E-state index in [-0.39, 0.29) is 5.25 Å². The topological polar surface area (TPSA) is 0 Å². The number of rotatable bonds is 4. The van der Waals surface area contributed by atoms with Crippen LogP contribution in [-0.4, -0.2) is 23.1 Å². The van der Waals surface area contributed by atoms with E-state index >= 15 is 0 Å². The maximum absolute atomic E-state index is 11.6. The third-order valence-corrected chi connectivity index (χ3v) is 2.56. The number of hydrogen-bond donors (Lipinski definition) is 0. The van der Waals surface area contributed by atoms with Gasteiger partial charge in [0.15, 0.2) is 0 Å². The minimum absolute atomic E-state index is 0.00544. The maximum Gasteiger partial charge on any atom is 0.397 e. The van der Waals surface area contributed by atoms with Crippen LogP contribution in [0.3, 0.4) is 0 Å². The molecule has 0 heterocycles. The summed E-state index contributed by atoms with van der Waals surface area (Å²) in [5.74, 6) is -0.350. The lowest BCUT2D eigenvalue weighted by molar-refractivity contribution is -0.105. The third kappa shape index (κ3) is 8.34. The minimum Gasteiger partial charge on any atom is -0.170 e. The molecular weight excluding hydrogens is 197 g/mol.